The van der Waals surface area contributed by atoms with Gasteiger partial charge in [-0.25, -0.2) is 4.98 Å². The highest BCUT2D eigenvalue weighted by atomic mass is 35.5. The molecule has 84 valence electrons. The minimum atomic E-state index is 0.222. The van der Waals surface area contributed by atoms with Gasteiger partial charge in [-0.1, -0.05) is 29.3 Å². The molecule has 17 heavy (non-hydrogen) atoms. The van der Waals surface area contributed by atoms with Crippen LogP contribution in [0.3, 0.4) is 0 Å². The molecule has 0 radical (unpaired) electrons. The predicted octanol–water partition coefficient (Wildman–Crippen LogP) is 4.24. The van der Waals surface area contributed by atoms with Crippen molar-refractivity contribution in [2.24, 2.45) is 0 Å². The first-order valence-corrected chi connectivity index (χ1v) is 5.70. The molecule has 1 aromatic carbocycles. The van der Waals surface area contributed by atoms with Gasteiger partial charge in [-0.05, 0) is 36.2 Å². The Morgan fingerprint density at radius 1 is 1.18 bits per heavy atom. The molecule has 0 saturated carbocycles. The maximum absolute atomic E-state index is 9.11. The third-order valence-electron chi connectivity index (χ3n) is 2.50. The minimum Gasteiger partial charge on any atom is -0.243 e. The lowest BCUT2D eigenvalue weighted by Crippen LogP contribution is -1.90. The number of rotatable bonds is 1. The Balaban J connectivity index is 2.69. The van der Waals surface area contributed by atoms with Gasteiger partial charge in [0, 0.05) is 16.8 Å². The number of nitrogens with zero attached hydrogens (tertiary/aromatic N) is 2. The second kappa shape index (κ2) is 4.75. The van der Waals surface area contributed by atoms with E-state index in [0.29, 0.717) is 10.6 Å². The van der Waals surface area contributed by atoms with Gasteiger partial charge in [0.2, 0.25) is 0 Å². The maximum atomic E-state index is 9.11. The fourth-order valence-electron chi connectivity index (χ4n) is 1.70. The summed E-state index contributed by atoms with van der Waals surface area (Å²) in [7, 11) is 0. The second-order valence-electron chi connectivity index (χ2n) is 3.60. The van der Waals surface area contributed by atoms with Crippen molar-refractivity contribution in [2.45, 2.75) is 6.92 Å². The lowest BCUT2D eigenvalue weighted by Gasteiger charge is -2.08. The Hall–Kier alpha value is -1.56. The van der Waals surface area contributed by atoms with Gasteiger partial charge in [-0.3, -0.25) is 0 Å². The van der Waals surface area contributed by atoms with Crippen molar-refractivity contribution in [1.82, 2.24) is 4.98 Å². The summed E-state index contributed by atoms with van der Waals surface area (Å²) >= 11 is 11.8. The molecule has 4 heteroatoms. The summed E-state index contributed by atoms with van der Waals surface area (Å²) in [5, 5.41) is 10.00. The van der Waals surface area contributed by atoms with E-state index >= 15 is 0 Å². The van der Waals surface area contributed by atoms with E-state index in [0.717, 1.165) is 16.7 Å². The Kier molecular flexibility index (Phi) is 3.33. The molecule has 0 aliphatic rings. The summed E-state index contributed by atoms with van der Waals surface area (Å²) in [4.78, 5) is 3.90. The van der Waals surface area contributed by atoms with Crippen LogP contribution in [-0.4, -0.2) is 4.98 Å². The van der Waals surface area contributed by atoms with Gasteiger partial charge in [-0.15, -0.1) is 0 Å². The van der Waals surface area contributed by atoms with Crippen LogP contribution in [-0.2, 0) is 0 Å². The molecule has 0 aliphatic carbocycles. The third kappa shape index (κ3) is 2.26. The molecule has 0 aliphatic heterocycles. The summed E-state index contributed by atoms with van der Waals surface area (Å²) in [6.07, 6.45) is 1.59. The molecule has 0 bridgehead atoms. The molecule has 2 aromatic rings. The van der Waals surface area contributed by atoms with E-state index in [9.17, 15) is 0 Å². The molecular formula is C13H8Cl2N2. The topological polar surface area (TPSA) is 36.7 Å². The van der Waals surface area contributed by atoms with Crippen molar-refractivity contribution < 1.29 is 0 Å². The molecule has 2 nitrogen and oxygen atoms in total. The van der Waals surface area contributed by atoms with Crippen LogP contribution < -0.4 is 0 Å². The van der Waals surface area contributed by atoms with E-state index in [4.69, 9.17) is 28.5 Å². The van der Waals surface area contributed by atoms with E-state index < -0.39 is 0 Å². The van der Waals surface area contributed by atoms with Crippen molar-refractivity contribution in [3.05, 3.63) is 51.8 Å². The zero-order valence-electron chi connectivity index (χ0n) is 9.04. The predicted molar refractivity (Wildman–Crippen MR) is 69.1 cm³/mol. The number of hydrogen-bond donors (Lipinski definition) is 0. The summed E-state index contributed by atoms with van der Waals surface area (Å²) in [5.41, 5.74) is 3.10. The minimum absolute atomic E-state index is 0.222. The van der Waals surface area contributed by atoms with Crippen LogP contribution in [0.4, 0.5) is 0 Å². The van der Waals surface area contributed by atoms with E-state index in [1.807, 2.05) is 19.1 Å². The maximum Gasteiger partial charge on any atom is 0.147 e. The van der Waals surface area contributed by atoms with Gasteiger partial charge in [0.1, 0.15) is 11.2 Å². The lowest BCUT2D eigenvalue weighted by molar-refractivity contribution is 1.30. The lowest BCUT2D eigenvalue weighted by atomic mass is 9.98. The van der Waals surface area contributed by atoms with Crippen LogP contribution in [0.15, 0.2) is 30.5 Å². The zero-order chi connectivity index (χ0) is 12.4. The summed E-state index contributed by atoms with van der Waals surface area (Å²) in [6, 6.07) is 9.38. The van der Waals surface area contributed by atoms with Crippen LogP contribution >= 0.6 is 23.2 Å². The molecule has 2 rings (SSSR count). The van der Waals surface area contributed by atoms with Crippen molar-refractivity contribution in [2.75, 3.05) is 0 Å². The number of benzene rings is 1. The van der Waals surface area contributed by atoms with Gasteiger partial charge in [0.25, 0.3) is 0 Å². The number of nitriles is 1. The van der Waals surface area contributed by atoms with Crippen LogP contribution in [0.2, 0.25) is 10.2 Å². The molecule has 1 aromatic heterocycles. The van der Waals surface area contributed by atoms with Crippen molar-refractivity contribution in [1.29, 1.82) is 5.26 Å². The largest absolute Gasteiger partial charge is 0.243 e. The second-order valence-corrected chi connectivity index (χ2v) is 4.39. The molecule has 0 N–H and O–H groups in total. The normalized spacial score (nSPS) is 10.0. The number of halogens is 2. The van der Waals surface area contributed by atoms with Crippen LogP contribution in [0.5, 0.6) is 0 Å². The summed E-state index contributed by atoms with van der Waals surface area (Å²) in [5.74, 6) is 0. The van der Waals surface area contributed by atoms with E-state index in [2.05, 4.69) is 11.1 Å². The number of aromatic nitrogens is 1. The molecule has 0 fully saturated rings. The average molecular weight is 263 g/mol. The molecular weight excluding hydrogens is 255 g/mol. The molecule has 0 unspecified atom stereocenters. The Bertz CT molecular complexity index is 615. The van der Waals surface area contributed by atoms with Crippen LogP contribution in [0.25, 0.3) is 11.1 Å². The molecule has 0 amide bonds. The van der Waals surface area contributed by atoms with E-state index in [1.165, 1.54) is 0 Å². The fourth-order valence-corrected chi connectivity index (χ4v) is 2.12. The van der Waals surface area contributed by atoms with Gasteiger partial charge in [-0.2, -0.15) is 5.26 Å². The smallest absolute Gasteiger partial charge is 0.147 e. The Morgan fingerprint density at radius 3 is 2.59 bits per heavy atom. The van der Waals surface area contributed by atoms with E-state index in [-0.39, 0.29) is 5.15 Å². The average Bonchev–Trinajstić information content (AvgIpc) is 2.29. The standard InChI is InChI=1S/C13H8Cl2N2/c1-8-6-9(14)2-3-10(8)11-4-5-17-13(15)12(11)7-16/h2-6H,1H3. The SMILES string of the molecule is Cc1cc(Cl)ccc1-c1ccnc(Cl)c1C#N. The third-order valence-corrected chi connectivity index (χ3v) is 3.02. The molecule has 0 atom stereocenters. The highest BCUT2D eigenvalue weighted by Crippen LogP contribution is 2.30. The quantitative estimate of drug-likeness (QED) is 0.721. The van der Waals surface area contributed by atoms with Crippen molar-refractivity contribution in [3.63, 3.8) is 0 Å². The molecule has 0 spiro atoms. The number of pyridine rings is 1. The van der Waals surface area contributed by atoms with Crippen LogP contribution in [0, 0.1) is 18.3 Å². The van der Waals surface area contributed by atoms with Crippen molar-refractivity contribution >= 4 is 23.2 Å². The summed E-state index contributed by atoms with van der Waals surface area (Å²) < 4.78 is 0. The van der Waals surface area contributed by atoms with Gasteiger partial charge < -0.3 is 0 Å². The van der Waals surface area contributed by atoms with E-state index in [1.54, 1.807) is 18.3 Å². The van der Waals surface area contributed by atoms with Gasteiger partial charge in [0.05, 0.1) is 5.56 Å². The Labute approximate surface area is 109 Å². The first-order chi connectivity index (χ1) is 8.13. The van der Waals surface area contributed by atoms with Crippen LogP contribution in [0.1, 0.15) is 11.1 Å². The van der Waals surface area contributed by atoms with Gasteiger partial charge >= 0.3 is 0 Å². The number of aryl methyl sites for hydroxylation is 1. The Morgan fingerprint density at radius 2 is 1.94 bits per heavy atom. The monoisotopic (exact) mass is 262 g/mol. The van der Waals surface area contributed by atoms with Gasteiger partial charge in [0.15, 0.2) is 0 Å². The highest BCUT2D eigenvalue weighted by Gasteiger charge is 2.11. The first kappa shape index (κ1) is 11.9. The molecule has 1 heterocycles. The highest BCUT2D eigenvalue weighted by molar-refractivity contribution is 6.31. The first-order valence-electron chi connectivity index (χ1n) is 4.94. The number of hydrogen-bond acceptors (Lipinski definition) is 2. The summed E-state index contributed by atoms with van der Waals surface area (Å²) in [6.45, 7) is 1.94. The molecule has 0 saturated heterocycles. The fraction of sp³-hybridized carbons (Fsp3) is 0.0769. The zero-order valence-corrected chi connectivity index (χ0v) is 10.5. The van der Waals surface area contributed by atoms with Crippen molar-refractivity contribution in [3.8, 4) is 17.2 Å².